The molecule has 0 aliphatic rings. The zero-order valence-electron chi connectivity index (χ0n) is 8.38. The summed E-state index contributed by atoms with van der Waals surface area (Å²) in [5.74, 6) is 0.146. The van der Waals surface area contributed by atoms with Crippen molar-refractivity contribution >= 4 is 21.7 Å². The van der Waals surface area contributed by atoms with Gasteiger partial charge in [0, 0.05) is 10.9 Å². The molecule has 0 radical (unpaired) electrons. The second kappa shape index (κ2) is 5.11. The molecule has 14 heavy (non-hydrogen) atoms. The SMILES string of the molecule is C/C=C(\Cc1cccc(Br)c1)C(C)=O. The van der Waals surface area contributed by atoms with Gasteiger partial charge in [-0.1, -0.05) is 34.1 Å². The fourth-order valence-electron chi connectivity index (χ4n) is 1.30. The Morgan fingerprint density at radius 3 is 2.71 bits per heavy atom. The van der Waals surface area contributed by atoms with Crippen molar-refractivity contribution in [3.63, 3.8) is 0 Å². The lowest BCUT2D eigenvalue weighted by Crippen LogP contribution is -2.00. The van der Waals surface area contributed by atoms with Gasteiger partial charge in [0.15, 0.2) is 5.78 Å². The predicted molar refractivity (Wildman–Crippen MR) is 62.3 cm³/mol. The van der Waals surface area contributed by atoms with Gasteiger partial charge < -0.3 is 0 Å². The van der Waals surface area contributed by atoms with Crippen LogP contribution in [-0.2, 0) is 11.2 Å². The standard InChI is InChI=1S/C12H13BrO/c1-3-11(9(2)14)7-10-5-4-6-12(13)8-10/h3-6,8H,7H2,1-2H3/b11-3+. The molecule has 0 unspecified atom stereocenters. The van der Waals surface area contributed by atoms with E-state index in [2.05, 4.69) is 15.9 Å². The fraction of sp³-hybridized carbons (Fsp3) is 0.250. The maximum absolute atomic E-state index is 11.2. The third-order valence-corrected chi connectivity index (χ3v) is 2.58. The van der Waals surface area contributed by atoms with Crippen LogP contribution in [0.4, 0.5) is 0 Å². The Kier molecular flexibility index (Phi) is 4.08. The van der Waals surface area contributed by atoms with Crippen LogP contribution in [0.5, 0.6) is 0 Å². The fourth-order valence-corrected chi connectivity index (χ4v) is 1.74. The van der Waals surface area contributed by atoms with E-state index in [1.54, 1.807) is 6.92 Å². The topological polar surface area (TPSA) is 17.1 Å². The van der Waals surface area contributed by atoms with Crippen molar-refractivity contribution in [1.29, 1.82) is 0 Å². The van der Waals surface area contributed by atoms with Crippen LogP contribution in [0.3, 0.4) is 0 Å². The highest BCUT2D eigenvalue weighted by molar-refractivity contribution is 9.10. The maximum atomic E-state index is 11.2. The molecule has 1 aromatic rings. The molecule has 0 aromatic heterocycles. The van der Waals surface area contributed by atoms with E-state index in [1.165, 1.54) is 0 Å². The number of hydrogen-bond acceptors (Lipinski definition) is 1. The molecular weight excluding hydrogens is 240 g/mol. The molecule has 0 saturated heterocycles. The Balaban J connectivity index is 2.83. The summed E-state index contributed by atoms with van der Waals surface area (Å²) in [6.45, 7) is 3.50. The van der Waals surface area contributed by atoms with Gasteiger partial charge in [0.1, 0.15) is 0 Å². The summed E-state index contributed by atoms with van der Waals surface area (Å²) >= 11 is 3.41. The smallest absolute Gasteiger partial charge is 0.155 e. The monoisotopic (exact) mass is 252 g/mol. The van der Waals surface area contributed by atoms with Crippen LogP contribution in [0.25, 0.3) is 0 Å². The van der Waals surface area contributed by atoms with Crippen molar-refractivity contribution in [3.8, 4) is 0 Å². The van der Waals surface area contributed by atoms with Crippen molar-refractivity contribution < 1.29 is 4.79 Å². The minimum absolute atomic E-state index is 0.146. The summed E-state index contributed by atoms with van der Waals surface area (Å²) in [5.41, 5.74) is 2.02. The molecule has 0 aliphatic carbocycles. The number of Topliss-reactive ketones (excluding diaryl/α,β-unsaturated/α-hetero) is 1. The number of rotatable bonds is 3. The molecule has 2 heteroatoms. The van der Waals surface area contributed by atoms with Crippen molar-refractivity contribution in [2.24, 2.45) is 0 Å². The molecule has 0 heterocycles. The van der Waals surface area contributed by atoms with Crippen LogP contribution < -0.4 is 0 Å². The van der Waals surface area contributed by atoms with E-state index in [0.29, 0.717) is 6.42 Å². The van der Waals surface area contributed by atoms with Gasteiger partial charge in [0.05, 0.1) is 0 Å². The molecule has 0 fully saturated rings. The van der Waals surface area contributed by atoms with Gasteiger partial charge in [-0.15, -0.1) is 0 Å². The molecule has 0 spiro atoms. The number of carbonyl (C=O) groups is 1. The minimum atomic E-state index is 0.146. The quantitative estimate of drug-likeness (QED) is 0.753. The number of allylic oxidation sites excluding steroid dienone is 2. The second-order valence-electron chi connectivity index (χ2n) is 3.18. The summed E-state index contributed by atoms with van der Waals surface area (Å²) in [4.78, 5) is 11.2. The number of halogens is 1. The third-order valence-electron chi connectivity index (χ3n) is 2.08. The highest BCUT2D eigenvalue weighted by atomic mass is 79.9. The summed E-state index contributed by atoms with van der Waals surface area (Å²) in [5, 5.41) is 0. The Hall–Kier alpha value is -0.890. The normalized spacial score (nSPS) is 11.5. The first-order valence-electron chi connectivity index (χ1n) is 4.54. The Morgan fingerprint density at radius 1 is 1.50 bits per heavy atom. The molecule has 1 nitrogen and oxygen atoms in total. The highest BCUT2D eigenvalue weighted by Crippen LogP contribution is 2.15. The Labute approximate surface area is 93.0 Å². The number of carbonyl (C=O) groups excluding carboxylic acids is 1. The molecule has 74 valence electrons. The van der Waals surface area contributed by atoms with Gasteiger partial charge in [-0.25, -0.2) is 0 Å². The van der Waals surface area contributed by atoms with Crippen molar-refractivity contribution in [1.82, 2.24) is 0 Å². The van der Waals surface area contributed by atoms with E-state index in [-0.39, 0.29) is 5.78 Å². The van der Waals surface area contributed by atoms with Crippen molar-refractivity contribution in [3.05, 3.63) is 46.0 Å². The summed E-state index contributed by atoms with van der Waals surface area (Å²) < 4.78 is 1.05. The molecule has 0 amide bonds. The van der Waals surface area contributed by atoms with E-state index in [0.717, 1.165) is 15.6 Å². The molecule has 0 N–H and O–H groups in total. The zero-order valence-corrected chi connectivity index (χ0v) is 9.97. The third kappa shape index (κ3) is 3.11. The lowest BCUT2D eigenvalue weighted by molar-refractivity contribution is -0.113. The Bertz CT molecular complexity index is 366. The van der Waals surface area contributed by atoms with E-state index in [1.807, 2.05) is 37.3 Å². The van der Waals surface area contributed by atoms with Gasteiger partial charge in [-0.05, 0) is 37.1 Å². The van der Waals surface area contributed by atoms with Crippen LogP contribution in [0.15, 0.2) is 40.4 Å². The molecule has 0 bridgehead atoms. The first-order chi connectivity index (χ1) is 6.63. The first-order valence-corrected chi connectivity index (χ1v) is 5.33. The van der Waals surface area contributed by atoms with Gasteiger partial charge in [-0.2, -0.15) is 0 Å². The van der Waals surface area contributed by atoms with Crippen molar-refractivity contribution in [2.75, 3.05) is 0 Å². The van der Waals surface area contributed by atoms with E-state index < -0.39 is 0 Å². The largest absolute Gasteiger partial charge is 0.295 e. The Morgan fingerprint density at radius 2 is 2.21 bits per heavy atom. The van der Waals surface area contributed by atoms with E-state index in [9.17, 15) is 4.79 Å². The van der Waals surface area contributed by atoms with Crippen molar-refractivity contribution in [2.45, 2.75) is 20.3 Å². The molecular formula is C12H13BrO. The van der Waals surface area contributed by atoms with Crippen LogP contribution >= 0.6 is 15.9 Å². The second-order valence-corrected chi connectivity index (χ2v) is 4.09. The summed E-state index contributed by atoms with van der Waals surface area (Å²) in [6.07, 6.45) is 2.59. The number of hydrogen-bond donors (Lipinski definition) is 0. The van der Waals surface area contributed by atoms with Crippen LogP contribution in [-0.4, -0.2) is 5.78 Å². The number of benzene rings is 1. The summed E-state index contributed by atoms with van der Waals surface area (Å²) in [7, 11) is 0. The highest BCUT2D eigenvalue weighted by Gasteiger charge is 2.03. The average Bonchev–Trinajstić information content (AvgIpc) is 2.14. The lowest BCUT2D eigenvalue weighted by atomic mass is 10.0. The minimum Gasteiger partial charge on any atom is -0.295 e. The first kappa shape index (κ1) is 11.2. The van der Waals surface area contributed by atoms with E-state index >= 15 is 0 Å². The molecule has 1 aromatic carbocycles. The number of ketones is 1. The maximum Gasteiger partial charge on any atom is 0.155 e. The molecule has 0 saturated carbocycles. The van der Waals surface area contributed by atoms with Crippen LogP contribution in [0.2, 0.25) is 0 Å². The van der Waals surface area contributed by atoms with Gasteiger partial charge in [0.2, 0.25) is 0 Å². The van der Waals surface area contributed by atoms with Gasteiger partial charge >= 0.3 is 0 Å². The lowest BCUT2D eigenvalue weighted by Gasteiger charge is -2.03. The van der Waals surface area contributed by atoms with Gasteiger partial charge in [-0.3, -0.25) is 4.79 Å². The molecule has 0 aliphatic heterocycles. The van der Waals surface area contributed by atoms with Crippen LogP contribution in [0.1, 0.15) is 19.4 Å². The molecule has 1 rings (SSSR count). The van der Waals surface area contributed by atoms with Gasteiger partial charge in [0.25, 0.3) is 0 Å². The predicted octanol–water partition coefficient (Wildman–Crippen LogP) is 3.53. The summed E-state index contributed by atoms with van der Waals surface area (Å²) in [6, 6.07) is 8.02. The zero-order chi connectivity index (χ0) is 10.6. The van der Waals surface area contributed by atoms with E-state index in [4.69, 9.17) is 0 Å². The average molecular weight is 253 g/mol. The van der Waals surface area contributed by atoms with Crippen LogP contribution in [0, 0.1) is 0 Å². The molecule has 0 atom stereocenters.